The first-order valence-corrected chi connectivity index (χ1v) is 7.43. The van der Waals surface area contributed by atoms with Gasteiger partial charge in [0.05, 0.1) is 0 Å². The highest BCUT2D eigenvalue weighted by Gasteiger charge is 2.09. The Morgan fingerprint density at radius 2 is 2.00 bits per heavy atom. The average Bonchev–Trinajstić information content (AvgIpc) is 2.45. The molecule has 0 unspecified atom stereocenters. The summed E-state index contributed by atoms with van der Waals surface area (Å²) in [6.07, 6.45) is 2.57. The Hall–Kier alpha value is -1.55. The van der Waals surface area contributed by atoms with E-state index in [9.17, 15) is 0 Å². The topological polar surface area (TPSA) is 37.8 Å². The molecule has 0 fully saturated rings. The van der Waals surface area contributed by atoms with Gasteiger partial charge >= 0.3 is 0 Å². The summed E-state index contributed by atoms with van der Waals surface area (Å²) in [5.74, 6) is 1.88. The molecule has 0 saturated carbocycles. The van der Waals surface area contributed by atoms with Crippen molar-refractivity contribution in [1.29, 1.82) is 0 Å². The molecule has 3 nitrogen and oxygen atoms in total. The average molecular weight is 273 g/mol. The fourth-order valence-electron chi connectivity index (χ4n) is 1.97. The maximum absolute atomic E-state index is 4.41. The third-order valence-corrected chi connectivity index (χ3v) is 4.20. The van der Waals surface area contributed by atoms with E-state index in [1.165, 1.54) is 16.7 Å². The Morgan fingerprint density at radius 1 is 1.21 bits per heavy atom. The van der Waals surface area contributed by atoms with Crippen molar-refractivity contribution < 1.29 is 0 Å². The molecular formula is C15H19N3S. The van der Waals surface area contributed by atoms with E-state index < -0.39 is 0 Å². The number of benzene rings is 1. The Morgan fingerprint density at radius 3 is 2.68 bits per heavy atom. The van der Waals surface area contributed by atoms with E-state index in [0.717, 1.165) is 23.0 Å². The van der Waals surface area contributed by atoms with Gasteiger partial charge in [-0.2, -0.15) is 0 Å². The number of thioether (sulfide) groups is 1. The summed E-state index contributed by atoms with van der Waals surface area (Å²) in [5, 5.41) is 4.21. The zero-order valence-corrected chi connectivity index (χ0v) is 12.4. The number of aryl methyl sites for hydroxylation is 1. The standard InChI is InChI=1S/C15H19N3S/c1-4-13-14(16-3)17-10-18-15(13)19-9-12-8-6-5-7-11(12)2/h5-8,10H,4,9H2,1-3H3,(H,16,17,18). The van der Waals surface area contributed by atoms with E-state index in [1.807, 2.05) is 7.05 Å². The lowest BCUT2D eigenvalue weighted by atomic mass is 10.1. The minimum atomic E-state index is 0.935. The molecule has 0 aliphatic carbocycles. The Kier molecular flexibility index (Phi) is 4.80. The molecule has 0 spiro atoms. The van der Waals surface area contributed by atoms with Gasteiger partial charge in [0.1, 0.15) is 17.2 Å². The van der Waals surface area contributed by atoms with Crippen LogP contribution in [0.15, 0.2) is 35.6 Å². The van der Waals surface area contributed by atoms with Gasteiger partial charge in [-0.25, -0.2) is 9.97 Å². The van der Waals surface area contributed by atoms with Gasteiger partial charge in [-0.15, -0.1) is 11.8 Å². The van der Waals surface area contributed by atoms with Crippen molar-refractivity contribution in [2.45, 2.75) is 31.0 Å². The van der Waals surface area contributed by atoms with Gasteiger partial charge in [-0.1, -0.05) is 31.2 Å². The van der Waals surface area contributed by atoms with Crippen LogP contribution in [0.4, 0.5) is 5.82 Å². The van der Waals surface area contributed by atoms with E-state index >= 15 is 0 Å². The molecule has 19 heavy (non-hydrogen) atoms. The molecule has 0 radical (unpaired) electrons. The van der Waals surface area contributed by atoms with Crippen LogP contribution in [0.1, 0.15) is 23.6 Å². The molecular weight excluding hydrogens is 254 g/mol. The molecule has 1 heterocycles. The van der Waals surface area contributed by atoms with E-state index in [2.05, 4.69) is 53.4 Å². The van der Waals surface area contributed by atoms with Gasteiger partial charge < -0.3 is 5.32 Å². The lowest BCUT2D eigenvalue weighted by Gasteiger charge is -2.11. The number of aromatic nitrogens is 2. The fourth-order valence-corrected chi connectivity index (χ4v) is 3.13. The first kappa shape index (κ1) is 13.9. The van der Waals surface area contributed by atoms with Gasteiger partial charge in [0, 0.05) is 18.4 Å². The molecule has 0 atom stereocenters. The summed E-state index contributed by atoms with van der Waals surface area (Å²) >= 11 is 1.78. The van der Waals surface area contributed by atoms with Crippen molar-refractivity contribution in [3.8, 4) is 0 Å². The second-order valence-corrected chi connectivity index (χ2v) is 5.29. The first-order chi connectivity index (χ1) is 9.26. The van der Waals surface area contributed by atoms with Crippen molar-refractivity contribution in [2.24, 2.45) is 0 Å². The predicted molar refractivity (Wildman–Crippen MR) is 81.7 cm³/mol. The molecule has 100 valence electrons. The maximum Gasteiger partial charge on any atom is 0.133 e. The van der Waals surface area contributed by atoms with Crippen molar-refractivity contribution >= 4 is 17.6 Å². The van der Waals surface area contributed by atoms with Crippen LogP contribution in [0.2, 0.25) is 0 Å². The van der Waals surface area contributed by atoms with Crippen molar-refractivity contribution in [3.05, 3.63) is 47.3 Å². The Bertz CT molecular complexity index is 555. The van der Waals surface area contributed by atoms with Crippen LogP contribution in [0, 0.1) is 6.92 Å². The quantitative estimate of drug-likeness (QED) is 0.666. The fraction of sp³-hybridized carbons (Fsp3) is 0.333. The summed E-state index contributed by atoms with van der Waals surface area (Å²) in [6.45, 7) is 4.28. The normalized spacial score (nSPS) is 10.5. The molecule has 0 aliphatic rings. The summed E-state index contributed by atoms with van der Waals surface area (Å²) in [7, 11) is 1.90. The van der Waals surface area contributed by atoms with Crippen LogP contribution >= 0.6 is 11.8 Å². The molecule has 2 rings (SSSR count). The van der Waals surface area contributed by atoms with E-state index in [-0.39, 0.29) is 0 Å². The second kappa shape index (κ2) is 6.57. The molecule has 0 aliphatic heterocycles. The predicted octanol–water partition coefficient (Wildman–Crippen LogP) is 3.68. The third kappa shape index (κ3) is 3.26. The number of anilines is 1. The van der Waals surface area contributed by atoms with Crippen LogP contribution < -0.4 is 5.32 Å². The van der Waals surface area contributed by atoms with Crippen LogP contribution in [0.3, 0.4) is 0 Å². The molecule has 2 aromatic rings. The van der Waals surface area contributed by atoms with Crippen LogP contribution in [0.25, 0.3) is 0 Å². The van der Waals surface area contributed by atoms with E-state index in [0.29, 0.717) is 0 Å². The van der Waals surface area contributed by atoms with Gasteiger partial charge in [0.2, 0.25) is 0 Å². The van der Waals surface area contributed by atoms with E-state index in [4.69, 9.17) is 0 Å². The third-order valence-electron chi connectivity index (χ3n) is 3.12. The van der Waals surface area contributed by atoms with Gasteiger partial charge in [-0.05, 0) is 24.5 Å². The second-order valence-electron chi connectivity index (χ2n) is 4.32. The number of hydrogen-bond donors (Lipinski definition) is 1. The van der Waals surface area contributed by atoms with Crippen molar-refractivity contribution in [2.75, 3.05) is 12.4 Å². The SMILES string of the molecule is CCc1c(NC)ncnc1SCc1ccccc1C. The highest BCUT2D eigenvalue weighted by Crippen LogP contribution is 2.28. The summed E-state index contributed by atoms with van der Waals surface area (Å²) in [5.41, 5.74) is 3.89. The largest absolute Gasteiger partial charge is 0.373 e. The minimum Gasteiger partial charge on any atom is -0.373 e. The monoisotopic (exact) mass is 273 g/mol. The maximum atomic E-state index is 4.41. The number of nitrogens with zero attached hydrogens (tertiary/aromatic N) is 2. The van der Waals surface area contributed by atoms with Crippen LogP contribution in [-0.2, 0) is 12.2 Å². The van der Waals surface area contributed by atoms with Crippen LogP contribution in [-0.4, -0.2) is 17.0 Å². The Balaban J connectivity index is 2.18. The number of hydrogen-bond acceptors (Lipinski definition) is 4. The van der Waals surface area contributed by atoms with Crippen molar-refractivity contribution in [1.82, 2.24) is 9.97 Å². The molecule has 0 bridgehead atoms. The van der Waals surface area contributed by atoms with Crippen LogP contribution in [0.5, 0.6) is 0 Å². The molecule has 1 aromatic carbocycles. The summed E-state index contributed by atoms with van der Waals surface area (Å²) in [4.78, 5) is 8.68. The van der Waals surface area contributed by atoms with Gasteiger partial charge in [-0.3, -0.25) is 0 Å². The first-order valence-electron chi connectivity index (χ1n) is 6.45. The molecule has 0 saturated heterocycles. The van der Waals surface area contributed by atoms with Gasteiger partial charge in [0.25, 0.3) is 0 Å². The zero-order valence-electron chi connectivity index (χ0n) is 11.6. The highest BCUT2D eigenvalue weighted by molar-refractivity contribution is 7.98. The number of rotatable bonds is 5. The minimum absolute atomic E-state index is 0.935. The van der Waals surface area contributed by atoms with Gasteiger partial charge in [0.15, 0.2) is 0 Å². The molecule has 1 N–H and O–H groups in total. The molecule has 4 heteroatoms. The number of nitrogens with one attached hydrogen (secondary N) is 1. The lowest BCUT2D eigenvalue weighted by Crippen LogP contribution is -2.01. The zero-order chi connectivity index (χ0) is 13.7. The summed E-state index contributed by atoms with van der Waals surface area (Å²) < 4.78 is 0. The van der Waals surface area contributed by atoms with E-state index in [1.54, 1.807) is 18.1 Å². The summed E-state index contributed by atoms with van der Waals surface area (Å²) in [6, 6.07) is 8.48. The molecule has 0 amide bonds. The molecule has 1 aromatic heterocycles. The van der Waals surface area contributed by atoms with Crippen molar-refractivity contribution in [3.63, 3.8) is 0 Å². The smallest absolute Gasteiger partial charge is 0.133 e. The Labute approximate surface area is 118 Å². The lowest BCUT2D eigenvalue weighted by molar-refractivity contribution is 0.946. The highest BCUT2D eigenvalue weighted by atomic mass is 32.2.